The Morgan fingerprint density at radius 1 is 1.38 bits per heavy atom. The highest BCUT2D eigenvalue weighted by Crippen LogP contribution is 2.09. The van der Waals surface area contributed by atoms with Crippen molar-refractivity contribution in [3.8, 4) is 0 Å². The molecule has 0 saturated heterocycles. The lowest BCUT2D eigenvalue weighted by Gasteiger charge is -2.12. The third kappa shape index (κ3) is 2.77. The molecule has 0 fully saturated rings. The van der Waals surface area contributed by atoms with Crippen molar-refractivity contribution in [1.82, 2.24) is 15.3 Å². The molecule has 72 valence electrons. The normalized spacial score (nSPS) is 12.9. The highest BCUT2D eigenvalue weighted by Gasteiger charge is 2.06. The van der Waals surface area contributed by atoms with Crippen LogP contribution >= 0.6 is 0 Å². The Morgan fingerprint density at radius 2 is 2.08 bits per heavy atom. The van der Waals surface area contributed by atoms with Crippen LogP contribution in [0.25, 0.3) is 0 Å². The largest absolute Gasteiger partial charge is 0.309 e. The lowest BCUT2D eigenvalue weighted by molar-refractivity contribution is 0.579. The molecule has 1 atom stereocenters. The molecule has 0 aliphatic heterocycles. The highest BCUT2D eigenvalue weighted by atomic mass is 15.0. The smallest absolute Gasteiger partial charge is 0.125 e. The fraction of sp³-hybridized carbons (Fsp3) is 0.600. The number of hydrogen-bond acceptors (Lipinski definition) is 3. The number of nitrogens with zero attached hydrogens (tertiary/aromatic N) is 2. The van der Waals surface area contributed by atoms with E-state index in [0.29, 0.717) is 6.04 Å². The second-order valence-corrected chi connectivity index (χ2v) is 3.26. The Kier molecular flexibility index (Phi) is 3.37. The molecule has 1 aromatic heterocycles. The van der Waals surface area contributed by atoms with Gasteiger partial charge in [-0.3, -0.25) is 0 Å². The molecule has 1 unspecified atom stereocenters. The van der Waals surface area contributed by atoms with E-state index < -0.39 is 0 Å². The molecule has 0 aromatic carbocycles. The maximum atomic E-state index is 4.38. The van der Waals surface area contributed by atoms with Crippen molar-refractivity contribution in [3.63, 3.8) is 0 Å². The summed E-state index contributed by atoms with van der Waals surface area (Å²) >= 11 is 0. The average Bonchev–Trinajstić information content (AvgIpc) is 2.03. The number of aryl methyl sites for hydroxylation is 2. The molecule has 3 heteroatoms. The zero-order valence-corrected chi connectivity index (χ0v) is 8.76. The van der Waals surface area contributed by atoms with Gasteiger partial charge in [-0.1, -0.05) is 6.92 Å². The molecular weight excluding hydrogens is 162 g/mol. The lowest BCUT2D eigenvalue weighted by atomic mass is 10.2. The van der Waals surface area contributed by atoms with Gasteiger partial charge < -0.3 is 5.32 Å². The molecule has 0 bridgehead atoms. The molecule has 1 heterocycles. The Balaban J connectivity index is 2.87. The summed E-state index contributed by atoms with van der Waals surface area (Å²) in [6.45, 7) is 9.09. The monoisotopic (exact) mass is 179 g/mol. The molecule has 3 nitrogen and oxygen atoms in total. The molecule has 0 aliphatic rings. The summed E-state index contributed by atoms with van der Waals surface area (Å²) in [6, 6.07) is 2.34. The van der Waals surface area contributed by atoms with Gasteiger partial charge in [0.25, 0.3) is 0 Å². The number of aromatic nitrogens is 2. The van der Waals surface area contributed by atoms with Crippen LogP contribution in [0.2, 0.25) is 0 Å². The van der Waals surface area contributed by atoms with Crippen molar-refractivity contribution in [1.29, 1.82) is 0 Å². The van der Waals surface area contributed by atoms with Crippen LogP contribution < -0.4 is 5.32 Å². The first-order valence-electron chi connectivity index (χ1n) is 4.69. The van der Waals surface area contributed by atoms with Crippen LogP contribution in [0, 0.1) is 13.8 Å². The molecule has 1 rings (SSSR count). The molecule has 0 aliphatic carbocycles. The van der Waals surface area contributed by atoms with Gasteiger partial charge in [-0.2, -0.15) is 0 Å². The fourth-order valence-corrected chi connectivity index (χ4v) is 1.38. The number of rotatable bonds is 3. The molecular formula is C10H17N3. The predicted octanol–water partition coefficient (Wildman–Crippen LogP) is 1.76. The van der Waals surface area contributed by atoms with Crippen LogP contribution in [0.15, 0.2) is 6.07 Å². The second-order valence-electron chi connectivity index (χ2n) is 3.26. The molecule has 0 saturated carbocycles. The van der Waals surface area contributed by atoms with E-state index in [-0.39, 0.29) is 0 Å². The van der Waals surface area contributed by atoms with Crippen molar-refractivity contribution in [2.75, 3.05) is 6.54 Å². The lowest BCUT2D eigenvalue weighted by Crippen LogP contribution is -2.19. The standard InChI is InChI=1S/C10H17N3/c1-5-11-8(3)10-6-7(2)12-9(4)13-10/h6,8,11H,5H2,1-4H3. The zero-order chi connectivity index (χ0) is 9.84. The molecule has 0 radical (unpaired) electrons. The van der Waals surface area contributed by atoms with Gasteiger partial charge in [0.2, 0.25) is 0 Å². The van der Waals surface area contributed by atoms with Crippen molar-refractivity contribution < 1.29 is 0 Å². The van der Waals surface area contributed by atoms with Gasteiger partial charge in [0.1, 0.15) is 5.82 Å². The van der Waals surface area contributed by atoms with E-state index >= 15 is 0 Å². The summed E-state index contributed by atoms with van der Waals surface area (Å²) in [5.41, 5.74) is 2.11. The predicted molar refractivity (Wildman–Crippen MR) is 53.6 cm³/mol. The molecule has 0 amide bonds. The van der Waals surface area contributed by atoms with Crippen molar-refractivity contribution in [3.05, 3.63) is 23.3 Å². The van der Waals surface area contributed by atoms with Crippen LogP contribution in [-0.4, -0.2) is 16.5 Å². The van der Waals surface area contributed by atoms with Gasteiger partial charge in [-0.05, 0) is 33.4 Å². The summed E-state index contributed by atoms with van der Waals surface area (Å²) in [7, 11) is 0. The van der Waals surface area contributed by atoms with Crippen LogP contribution in [0.3, 0.4) is 0 Å². The highest BCUT2D eigenvalue weighted by molar-refractivity contribution is 5.12. The van der Waals surface area contributed by atoms with E-state index in [4.69, 9.17) is 0 Å². The maximum Gasteiger partial charge on any atom is 0.125 e. The number of hydrogen-bond donors (Lipinski definition) is 1. The topological polar surface area (TPSA) is 37.8 Å². The SMILES string of the molecule is CCNC(C)c1cc(C)nc(C)n1. The van der Waals surface area contributed by atoms with Gasteiger partial charge in [0.05, 0.1) is 5.69 Å². The molecule has 0 spiro atoms. The van der Waals surface area contributed by atoms with Gasteiger partial charge >= 0.3 is 0 Å². The van der Waals surface area contributed by atoms with Crippen LogP contribution in [0.4, 0.5) is 0 Å². The Morgan fingerprint density at radius 3 is 2.62 bits per heavy atom. The fourth-order valence-electron chi connectivity index (χ4n) is 1.38. The van der Waals surface area contributed by atoms with Gasteiger partial charge in [-0.15, -0.1) is 0 Å². The second kappa shape index (κ2) is 4.33. The van der Waals surface area contributed by atoms with Crippen molar-refractivity contribution in [2.45, 2.75) is 33.7 Å². The van der Waals surface area contributed by atoms with Crippen molar-refractivity contribution in [2.24, 2.45) is 0 Å². The van der Waals surface area contributed by atoms with Crippen LogP contribution in [0.1, 0.15) is 37.1 Å². The van der Waals surface area contributed by atoms with Gasteiger partial charge in [0.15, 0.2) is 0 Å². The van der Waals surface area contributed by atoms with Gasteiger partial charge in [0, 0.05) is 11.7 Å². The van der Waals surface area contributed by atoms with E-state index in [0.717, 1.165) is 23.8 Å². The third-order valence-electron chi connectivity index (χ3n) is 1.94. The molecule has 1 N–H and O–H groups in total. The van der Waals surface area contributed by atoms with Crippen molar-refractivity contribution >= 4 is 0 Å². The van der Waals surface area contributed by atoms with E-state index in [1.807, 2.05) is 19.9 Å². The van der Waals surface area contributed by atoms with Crippen LogP contribution in [-0.2, 0) is 0 Å². The zero-order valence-electron chi connectivity index (χ0n) is 8.76. The van der Waals surface area contributed by atoms with Gasteiger partial charge in [-0.25, -0.2) is 9.97 Å². The van der Waals surface area contributed by atoms with E-state index in [9.17, 15) is 0 Å². The maximum absolute atomic E-state index is 4.38. The quantitative estimate of drug-likeness (QED) is 0.768. The minimum absolute atomic E-state index is 0.311. The Labute approximate surface area is 79.6 Å². The van der Waals surface area contributed by atoms with E-state index in [1.54, 1.807) is 0 Å². The first-order chi connectivity index (χ1) is 6.13. The Hall–Kier alpha value is -0.960. The summed E-state index contributed by atoms with van der Waals surface area (Å²) in [5.74, 6) is 0.847. The average molecular weight is 179 g/mol. The minimum Gasteiger partial charge on any atom is -0.309 e. The number of nitrogens with one attached hydrogen (secondary N) is 1. The summed E-state index contributed by atoms with van der Waals surface area (Å²) < 4.78 is 0. The van der Waals surface area contributed by atoms with E-state index in [1.165, 1.54) is 0 Å². The first kappa shape index (κ1) is 10.1. The summed E-state index contributed by atoms with van der Waals surface area (Å²) in [5, 5.41) is 3.33. The molecule has 1 aromatic rings. The summed E-state index contributed by atoms with van der Waals surface area (Å²) in [4.78, 5) is 8.62. The van der Waals surface area contributed by atoms with Crippen LogP contribution in [0.5, 0.6) is 0 Å². The molecule has 13 heavy (non-hydrogen) atoms. The summed E-state index contributed by atoms with van der Waals surface area (Å²) in [6.07, 6.45) is 0. The minimum atomic E-state index is 0.311. The Bertz CT molecular complexity index is 263. The van der Waals surface area contributed by atoms with E-state index in [2.05, 4.69) is 29.1 Å². The third-order valence-corrected chi connectivity index (χ3v) is 1.94. The first-order valence-corrected chi connectivity index (χ1v) is 4.69.